The summed E-state index contributed by atoms with van der Waals surface area (Å²) >= 11 is 11.9. The zero-order chi connectivity index (χ0) is 14.9. The van der Waals surface area contributed by atoms with Crippen molar-refractivity contribution in [3.63, 3.8) is 0 Å². The maximum absolute atomic E-state index is 12.3. The molecule has 20 heavy (non-hydrogen) atoms. The van der Waals surface area contributed by atoms with E-state index in [2.05, 4.69) is 9.62 Å². The number of halogens is 2. The number of nitrogen functional groups attached to an aromatic ring is 1. The van der Waals surface area contributed by atoms with E-state index < -0.39 is 10.0 Å². The molecular formula is C12H17Cl2N3O2S. The fourth-order valence-corrected chi connectivity index (χ4v) is 4.65. The van der Waals surface area contributed by atoms with Crippen LogP contribution in [0, 0.1) is 0 Å². The highest BCUT2D eigenvalue weighted by Crippen LogP contribution is 2.31. The molecule has 1 heterocycles. The van der Waals surface area contributed by atoms with Crippen LogP contribution in [-0.2, 0) is 10.0 Å². The van der Waals surface area contributed by atoms with Gasteiger partial charge in [-0.1, -0.05) is 23.2 Å². The summed E-state index contributed by atoms with van der Waals surface area (Å²) in [5, 5.41) is 0.0598. The van der Waals surface area contributed by atoms with Gasteiger partial charge in [-0.2, -0.15) is 0 Å². The first-order chi connectivity index (χ1) is 9.31. The lowest BCUT2D eigenvalue weighted by Gasteiger charge is -2.20. The van der Waals surface area contributed by atoms with Crippen molar-refractivity contribution in [1.82, 2.24) is 9.62 Å². The standard InChI is InChI=1S/C12H17Cl2N3O2S/c1-17-4-2-3-9(17)7-16-20(18,19)12-10(13)5-8(15)6-11(12)14/h5-6,9,16H,2-4,7,15H2,1H3. The molecule has 2 rings (SSSR count). The van der Waals surface area contributed by atoms with Crippen LogP contribution in [0.2, 0.25) is 10.0 Å². The lowest BCUT2D eigenvalue weighted by molar-refractivity contribution is 0.311. The van der Waals surface area contributed by atoms with Crippen molar-refractivity contribution in [2.45, 2.75) is 23.8 Å². The molecule has 3 N–H and O–H groups in total. The van der Waals surface area contributed by atoms with E-state index in [9.17, 15) is 8.42 Å². The minimum absolute atomic E-state index is 0.0299. The van der Waals surface area contributed by atoms with Gasteiger partial charge in [-0.05, 0) is 38.6 Å². The Bertz CT molecular complexity index is 584. The summed E-state index contributed by atoms with van der Waals surface area (Å²) in [6.07, 6.45) is 2.05. The van der Waals surface area contributed by atoms with Crippen molar-refractivity contribution < 1.29 is 8.42 Å². The van der Waals surface area contributed by atoms with Crippen LogP contribution in [0.1, 0.15) is 12.8 Å². The fraction of sp³-hybridized carbons (Fsp3) is 0.500. The molecule has 1 aromatic carbocycles. The normalized spacial score (nSPS) is 20.4. The molecule has 0 bridgehead atoms. The third-order valence-corrected chi connectivity index (χ3v) is 5.81. The third-order valence-electron chi connectivity index (χ3n) is 3.47. The van der Waals surface area contributed by atoms with Crippen molar-refractivity contribution in [3.05, 3.63) is 22.2 Å². The van der Waals surface area contributed by atoms with Crippen molar-refractivity contribution in [3.8, 4) is 0 Å². The Morgan fingerprint density at radius 1 is 1.40 bits per heavy atom. The minimum atomic E-state index is -3.75. The predicted octanol–water partition coefficient (Wildman–Crippen LogP) is 1.95. The number of likely N-dealkylation sites (N-methyl/N-ethyl adjacent to an activating group) is 1. The highest BCUT2D eigenvalue weighted by atomic mass is 35.5. The van der Waals surface area contributed by atoms with E-state index in [1.165, 1.54) is 12.1 Å². The van der Waals surface area contributed by atoms with Gasteiger partial charge in [-0.15, -0.1) is 0 Å². The molecule has 5 nitrogen and oxygen atoms in total. The molecule has 0 amide bonds. The second-order valence-electron chi connectivity index (χ2n) is 4.94. The topological polar surface area (TPSA) is 75.4 Å². The number of nitrogens with one attached hydrogen (secondary N) is 1. The Kier molecular flexibility index (Phi) is 4.81. The Hall–Kier alpha value is -0.530. The van der Waals surface area contributed by atoms with Crippen LogP contribution in [0.4, 0.5) is 5.69 Å². The Morgan fingerprint density at radius 3 is 2.50 bits per heavy atom. The van der Waals surface area contributed by atoms with Crippen LogP contribution in [-0.4, -0.2) is 39.5 Å². The maximum Gasteiger partial charge on any atom is 0.243 e. The molecular weight excluding hydrogens is 321 g/mol. The number of nitrogens with zero attached hydrogens (tertiary/aromatic N) is 1. The fourth-order valence-electron chi connectivity index (χ4n) is 2.35. The van der Waals surface area contributed by atoms with Gasteiger partial charge >= 0.3 is 0 Å². The van der Waals surface area contributed by atoms with Crippen LogP contribution in [0.15, 0.2) is 17.0 Å². The summed E-state index contributed by atoms with van der Waals surface area (Å²) in [5.74, 6) is 0. The minimum Gasteiger partial charge on any atom is -0.399 e. The van der Waals surface area contributed by atoms with Crippen LogP contribution < -0.4 is 10.5 Å². The number of hydrogen-bond donors (Lipinski definition) is 2. The molecule has 8 heteroatoms. The number of benzene rings is 1. The number of anilines is 1. The largest absolute Gasteiger partial charge is 0.399 e. The van der Waals surface area contributed by atoms with E-state index in [0.29, 0.717) is 12.2 Å². The van der Waals surface area contributed by atoms with Gasteiger partial charge in [0.2, 0.25) is 10.0 Å². The van der Waals surface area contributed by atoms with E-state index in [1.54, 1.807) is 0 Å². The molecule has 1 aliphatic heterocycles. The average molecular weight is 338 g/mol. The first kappa shape index (κ1) is 15.9. The predicted molar refractivity (Wildman–Crippen MR) is 81.7 cm³/mol. The van der Waals surface area contributed by atoms with Crippen molar-refractivity contribution in [2.24, 2.45) is 0 Å². The van der Waals surface area contributed by atoms with Crippen LogP contribution >= 0.6 is 23.2 Å². The zero-order valence-corrected chi connectivity index (χ0v) is 13.4. The van der Waals surface area contributed by atoms with Gasteiger partial charge < -0.3 is 10.6 Å². The van der Waals surface area contributed by atoms with Gasteiger partial charge in [0.25, 0.3) is 0 Å². The molecule has 1 aliphatic rings. The second-order valence-corrected chi connectivity index (χ2v) is 7.46. The summed E-state index contributed by atoms with van der Waals surface area (Å²) in [4.78, 5) is 2.02. The van der Waals surface area contributed by atoms with E-state index in [1.807, 2.05) is 7.05 Å². The van der Waals surface area contributed by atoms with Gasteiger partial charge in [0.15, 0.2) is 0 Å². The molecule has 0 aliphatic carbocycles. The molecule has 1 saturated heterocycles. The molecule has 1 atom stereocenters. The van der Waals surface area contributed by atoms with E-state index in [0.717, 1.165) is 19.4 Å². The quantitative estimate of drug-likeness (QED) is 0.823. The second kappa shape index (κ2) is 6.07. The lowest BCUT2D eigenvalue weighted by Crippen LogP contribution is -2.38. The van der Waals surface area contributed by atoms with Crippen molar-refractivity contribution in [1.29, 1.82) is 0 Å². The lowest BCUT2D eigenvalue weighted by atomic mass is 10.2. The zero-order valence-electron chi connectivity index (χ0n) is 11.1. The third kappa shape index (κ3) is 3.38. The first-order valence-electron chi connectivity index (χ1n) is 6.25. The smallest absolute Gasteiger partial charge is 0.243 e. The van der Waals surface area contributed by atoms with E-state index in [-0.39, 0.29) is 21.0 Å². The number of likely N-dealkylation sites (tertiary alicyclic amines) is 1. The van der Waals surface area contributed by atoms with Crippen LogP contribution in [0.25, 0.3) is 0 Å². The Morgan fingerprint density at radius 2 is 2.00 bits per heavy atom. The highest BCUT2D eigenvalue weighted by molar-refractivity contribution is 7.89. The summed E-state index contributed by atoms with van der Waals surface area (Å²) in [5.41, 5.74) is 5.90. The molecule has 1 fully saturated rings. The monoisotopic (exact) mass is 337 g/mol. The SMILES string of the molecule is CN1CCCC1CNS(=O)(=O)c1c(Cl)cc(N)cc1Cl. The number of rotatable bonds is 4. The van der Waals surface area contributed by atoms with E-state index >= 15 is 0 Å². The first-order valence-corrected chi connectivity index (χ1v) is 8.49. The van der Waals surface area contributed by atoms with Crippen LogP contribution in [0.5, 0.6) is 0 Å². The molecule has 0 saturated carbocycles. The van der Waals surface area contributed by atoms with E-state index in [4.69, 9.17) is 28.9 Å². The number of nitrogens with two attached hydrogens (primary N) is 1. The average Bonchev–Trinajstić information content (AvgIpc) is 2.70. The van der Waals surface area contributed by atoms with Crippen molar-refractivity contribution >= 4 is 38.9 Å². The molecule has 1 aromatic rings. The number of sulfonamides is 1. The Labute approximate surface area is 129 Å². The van der Waals surface area contributed by atoms with Gasteiger partial charge in [-0.3, -0.25) is 0 Å². The maximum atomic E-state index is 12.3. The van der Waals surface area contributed by atoms with Gasteiger partial charge in [0, 0.05) is 18.3 Å². The molecule has 112 valence electrons. The van der Waals surface area contributed by atoms with Crippen LogP contribution in [0.3, 0.4) is 0 Å². The Balaban J connectivity index is 2.18. The summed E-state index contributed by atoms with van der Waals surface area (Å²) in [6.45, 7) is 1.33. The summed E-state index contributed by atoms with van der Waals surface area (Å²) in [7, 11) is -1.76. The summed E-state index contributed by atoms with van der Waals surface area (Å²) < 4.78 is 27.2. The van der Waals surface area contributed by atoms with Gasteiger partial charge in [0.1, 0.15) is 4.90 Å². The van der Waals surface area contributed by atoms with Gasteiger partial charge in [0.05, 0.1) is 10.0 Å². The molecule has 0 spiro atoms. The van der Waals surface area contributed by atoms with Crippen molar-refractivity contribution in [2.75, 3.05) is 25.9 Å². The molecule has 0 radical (unpaired) electrons. The highest BCUT2D eigenvalue weighted by Gasteiger charge is 2.26. The van der Waals surface area contributed by atoms with Gasteiger partial charge in [-0.25, -0.2) is 13.1 Å². The molecule has 1 unspecified atom stereocenters. The molecule has 0 aromatic heterocycles. The number of hydrogen-bond acceptors (Lipinski definition) is 4. The summed E-state index contributed by atoms with van der Waals surface area (Å²) in [6, 6.07) is 2.96.